The molecule has 0 radical (unpaired) electrons. The third kappa shape index (κ3) is 4.68. The van der Waals surface area contributed by atoms with Gasteiger partial charge in [-0.1, -0.05) is 17.7 Å². The zero-order valence-corrected chi connectivity index (χ0v) is 15.9. The molecule has 26 heavy (non-hydrogen) atoms. The van der Waals surface area contributed by atoms with Gasteiger partial charge in [-0.05, 0) is 48.9 Å². The van der Waals surface area contributed by atoms with E-state index >= 15 is 0 Å². The van der Waals surface area contributed by atoms with Crippen LogP contribution in [-0.4, -0.2) is 50.6 Å². The van der Waals surface area contributed by atoms with Crippen LogP contribution < -0.4 is 15.0 Å². The molecule has 1 N–H and O–H groups in total. The molecule has 1 saturated heterocycles. The average Bonchev–Trinajstić information content (AvgIpc) is 2.65. The lowest BCUT2D eigenvalue weighted by atomic mass is 10.2. The monoisotopic (exact) mass is 373 g/mol. The number of nitrogens with zero attached hydrogens (tertiary/aromatic N) is 2. The number of ether oxygens (including phenoxy) is 1. The van der Waals surface area contributed by atoms with Crippen LogP contribution in [0, 0.1) is 6.92 Å². The fourth-order valence-electron chi connectivity index (χ4n) is 3.08. The molecule has 0 spiro atoms. The van der Waals surface area contributed by atoms with Crippen molar-refractivity contribution in [2.45, 2.75) is 6.92 Å². The van der Waals surface area contributed by atoms with Crippen LogP contribution in [0.5, 0.6) is 5.75 Å². The molecule has 0 aromatic heterocycles. The summed E-state index contributed by atoms with van der Waals surface area (Å²) >= 11 is 6.01. The standard InChI is InChI=1S/C20H24ClN3O2/c1-15-3-4-16(21)13-19(15)22-20(25)14-23-9-11-24(12-10-23)17-5-7-18(26-2)8-6-17/h3-8,13H,9-12,14H2,1-2H3,(H,22,25). The van der Waals surface area contributed by atoms with E-state index in [0.717, 1.165) is 43.2 Å². The Morgan fingerprint density at radius 1 is 1.12 bits per heavy atom. The third-order valence-electron chi connectivity index (χ3n) is 4.65. The molecule has 1 amide bonds. The van der Waals surface area contributed by atoms with Crippen molar-refractivity contribution in [2.75, 3.05) is 50.1 Å². The van der Waals surface area contributed by atoms with Crippen molar-refractivity contribution < 1.29 is 9.53 Å². The fraction of sp³-hybridized carbons (Fsp3) is 0.350. The molecule has 1 heterocycles. The second-order valence-electron chi connectivity index (χ2n) is 6.47. The molecule has 5 nitrogen and oxygen atoms in total. The summed E-state index contributed by atoms with van der Waals surface area (Å²) in [5.74, 6) is 0.855. The van der Waals surface area contributed by atoms with Gasteiger partial charge in [0.1, 0.15) is 5.75 Å². The van der Waals surface area contributed by atoms with Gasteiger partial charge in [0.05, 0.1) is 13.7 Å². The predicted molar refractivity (Wildman–Crippen MR) is 106 cm³/mol. The largest absolute Gasteiger partial charge is 0.497 e. The summed E-state index contributed by atoms with van der Waals surface area (Å²) in [6.45, 7) is 5.86. The number of halogens is 1. The molecule has 138 valence electrons. The lowest BCUT2D eigenvalue weighted by molar-refractivity contribution is -0.117. The van der Waals surface area contributed by atoms with E-state index in [1.54, 1.807) is 13.2 Å². The molecule has 1 aliphatic heterocycles. The van der Waals surface area contributed by atoms with Gasteiger partial charge in [-0.2, -0.15) is 0 Å². The number of anilines is 2. The SMILES string of the molecule is COc1ccc(N2CCN(CC(=O)Nc3cc(Cl)ccc3C)CC2)cc1. The van der Waals surface area contributed by atoms with Gasteiger partial charge in [-0.3, -0.25) is 9.69 Å². The minimum atomic E-state index is -0.00624. The number of benzene rings is 2. The topological polar surface area (TPSA) is 44.8 Å². The predicted octanol–water partition coefficient (Wildman–Crippen LogP) is 3.42. The molecule has 0 bridgehead atoms. The van der Waals surface area contributed by atoms with Crippen LogP contribution in [0.4, 0.5) is 11.4 Å². The van der Waals surface area contributed by atoms with E-state index in [1.165, 1.54) is 5.69 Å². The minimum absolute atomic E-state index is 0.00624. The molecule has 1 fully saturated rings. The third-order valence-corrected chi connectivity index (χ3v) is 4.89. The highest BCUT2D eigenvalue weighted by atomic mass is 35.5. The van der Waals surface area contributed by atoms with Crippen LogP contribution >= 0.6 is 11.6 Å². The first-order valence-electron chi connectivity index (χ1n) is 8.72. The maximum absolute atomic E-state index is 12.3. The second kappa shape index (κ2) is 8.43. The summed E-state index contributed by atoms with van der Waals surface area (Å²) in [6.07, 6.45) is 0. The van der Waals surface area contributed by atoms with Crippen molar-refractivity contribution in [3.63, 3.8) is 0 Å². The quantitative estimate of drug-likeness (QED) is 0.872. The molecule has 2 aromatic rings. The molecule has 1 aliphatic rings. The van der Waals surface area contributed by atoms with Crippen molar-refractivity contribution in [3.05, 3.63) is 53.1 Å². The van der Waals surface area contributed by atoms with Crippen molar-refractivity contribution in [1.29, 1.82) is 0 Å². The van der Waals surface area contributed by atoms with E-state index in [9.17, 15) is 4.79 Å². The van der Waals surface area contributed by atoms with Gasteiger partial charge in [-0.15, -0.1) is 0 Å². The Bertz CT molecular complexity index is 756. The number of methoxy groups -OCH3 is 1. The van der Waals surface area contributed by atoms with E-state index < -0.39 is 0 Å². The van der Waals surface area contributed by atoms with Crippen molar-refractivity contribution >= 4 is 28.9 Å². The van der Waals surface area contributed by atoms with Crippen LogP contribution in [0.25, 0.3) is 0 Å². The number of carbonyl (C=O) groups excluding carboxylic acids is 1. The lowest BCUT2D eigenvalue weighted by Crippen LogP contribution is -2.48. The summed E-state index contributed by atoms with van der Waals surface area (Å²) in [5.41, 5.74) is 2.97. The Balaban J connectivity index is 1.50. The van der Waals surface area contributed by atoms with Crippen LogP contribution in [-0.2, 0) is 4.79 Å². The lowest BCUT2D eigenvalue weighted by Gasteiger charge is -2.35. The van der Waals surface area contributed by atoms with E-state index in [4.69, 9.17) is 16.3 Å². The van der Waals surface area contributed by atoms with Gasteiger partial charge in [0, 0.05) is 42.6 Å². The van der Waals surface area contributed by atoms with Crippen molar-refractivity contribution in [2.24, 2.45) is 0 Å². The Morgan fingerprint density at radius 2 is 1.81 bits per heavy atom. The number of nitrogens with one attached hydrogen (secondary N) is 1. The highest BCUT2D eigenvalue weighted by molar-refractivity contribution is 6.31. The highest BCUT2D eigenvalue weighted by Crippen LogP contribution is 2.21. The summed E-state index contributed by atoms with van der Waals surface area (Å²) in [6, 6.07) is 13.6. The van der Waals surface area contributed by atoms with Gasteiger partial charge in [-0.25, -0.2) is 0 Å². The van der Waals surface area contributed by atoms with E-state index in [-0.39, 0.29) is 5.91 Å². The maximum atomic E-state index is 12.3. The zero-order chi connectivity index (χ0) is 18.5. The van der Waals surface area contributed by atoms with Gasteiger partial charge in [0.2, 0.25) is 5.91 Å². The first-order valence-corrected chi connectivity index (χ1v) is 9.10. The number of aryl methyl sites for hydroxylation is 1. The van der Waals surface area contributed by atoms with Gasteiger partial charge in [0.25, 0.3) is 0 Å². The van der Waals surface area contributed by atoms with Crippen LogP contribution in [0.15, 0.2) is 42.5 Å². The molecular formula is C20H24ClN3O2. The Hall–Kier alpha value is -2.24. The fourth-order valence-corrected chi connectivity index (χ4v) is 3.25. The van der Waals surface area contributed by atoms with Crippen LogP contribution in [0.3, 0.4) is 0 Å². The van der Waals surface area contributed by atoms with Crippen molar-refractivity contribution in [1.82, 2.24) is 4.90 Å². The molecular weight excluding hydrogens is 350 g/mol. The summed E-state index contributed by atoms with van der Waals surface area (Å²) < 4.78 is 5.20. The number of amides is 1. The first kappa shape index (κ1) is 18.5. The van der Waals surface area contributed by atoms with E-state index in [1.807, 2.05) is 31.2 Å². The Kier molecular flexibility index (Phi) is 6.01. The molecule has 6 heteroatoms. The van der Waals surface area contributed by atoms with Crippen molar-refractivity contribution in [3.8, 4) is 5.75 Å². The second-order valence-corrected chi connectivity index (χ2v) is 6.91. The van der Waals surface area contributed by atoms with E-state index in [2.05, 4.69) is 27.2 Å². The van der Waals surface area contributed by atoms with E-state index in [0.29, 0.717) is 11.6 Å². The van der Waals surface area contributed by atoms with Crippen LogP contribution in [0.2, 0.25) is 5.02 Å². The Labute approximate surface area is 159 Å². The number of carbonyl (C=O) groups is 1. The average molecular weight is 374 g/mol. The molecule has 0 aliphatic carbocycles. The summed E-state index contributed by atoms with van der Waals surface area (Å²) in [5, 5.41) is 3.59. The summed E-state index contributed by atoms with van der Waals surface area (Å²) in [4.78, 5) is 16.8. The smallest absolute Gasteiger partial charge is 0.238 e. The molecule has 3 rings (SSSR count). The zero-order valence-electron chi connectivity index (χ0n) is 15.2. The number of hydrogen-bond acceptors (Lipinski definition) is 4. The molecule has 2 aromatic carbocycles. The Morgan fingerprint density at radius 3 is 2.46 bits per heavy atom. The highest BCUT2D eigenvalue weighted by Gasteiger charge is 2.19. The van der Waals surface area contributed by atoms with Gasteiger partial charge < -0.3 is 15.0 Å². The molecule has 0 unspecified atom stereocenters. The van der Waals surface area contributed by atoms with Gasteiger partial charge >= 0.3 is 0 Å². The first-order chi connectivity index (χ1) is 12.5. The molecule has 0 atom stereocenters. The number of hydrogen-bond donors (Lipinski definition) is 1. The summed E-state index contributed by atoms with van der Waals surface area (Å²) in [7, 11) is 1.67. The minimum Gasteiger partial charge on any atom is -0.497 e. The number of piperazine rings is 1. The number of rotatable bonds is 5. The normalized spacial score (nSPS) is 15.0. The van der Waals surface area contributed by atoms with Crippen LogP contribution in [0.1, 0.15) is 5.56 Å². The van der Waals surface area contributed by atoms with Gasteiger partial charge in [0.15, 0.2) is 0 Å². The molecule has 0 saturated carbocycles. The maximum Gasteiger partial charge on any atom is 0.238 e.